The monoisotopic (exact) mass is 264 g/mol. The topological polar surface area (TPSA) is 95.0 Å². The van der Waals surface area contributed by atoms with Crippen molar-refractivity contribution in [3.63, 3.8) is 0 Å². The molecule has 0 amide bonds. The first-order valence-electron chi connectivity index (χ1n) is 6.44. The summed E-state index contributed by atoms with van der Waals surface area (Å²) in [5.74, 6) is 0.00612. The van der Waals surface area contributed by atoms with Crippen LogP contribution in [0.2, 0.25) is 0 Å². The Balaban J connectivity index is 2.27. The Kier molecular flexibility index (Phi) is 3.90. The number of aromatic nitrogens is 1. The SMILES string of the molecule is CC1(O)CCCN(c2cccnc2/C(N)=N/O)CC1. The Morgan fingerprint density at radius 2 is 2.26 bits per heavy atom. The predicted octanol–water partition coefficient (Wildman–Crippen LogP) is 0.917. The van der Waals surface area contributed by atoms with Gasteiger partial charge >= 0.3 is 0 Å². The van der Waals surface area contributed by atoms with E-state index in [-0.39, 0.29) is 5.84 Å². The Labute approximate surface area is 112 Å². The van der Waals surface area contributed by atoms with Crippen molar-refractivity contribution in [1.29, 1.82) is 0 Å². The van der Waals surface area contributed by atoms with Crippen LogP contribution in [-0.2, 0) is 0 Å². The number of oxime groups is 1. The van der Waals surface area contributed by atoms with Gasteiger partial charge in [0.05, 0.1) is 11.3 Å². The summed E-state index contributed by atoms with van der Waals surface area (Å²) in [5.41, 5.74) is 6.36. The second-order valence-electron chi connectivity index (χ2n) is 5.19. The summed E-state index contributed by atoms with van der Waals surface area (Å²) < 4.78 is 0. The largest absolute Gasteiger partial charge is 0.409 e. The summed E-state index contributed by atoms with van der Waals surface area (Å²) in [6, 6.07) is 3.73. The quantitative estimate of drug-likeness (QED) is 0.319. The molecule has 1 saturated heterocycles. The molecule has 6 nitrogen and oxygen atoms in total. The minimum atomic E-state index is -0.617. The summed E-state index contributed by atoms with van der Waals surface area (Å²) in [7, 11) is 0. The van der Waals surface area contributed by atoms with Gasteiger partial charge in [-0.05, 0) is 38.3 Å². The zero-order chi connectivity index (χ0) is 13.9. The number of rotatable bonds is 2. The van der Waals surface area contributed by atoms with Crippen molar-refractivity contribution in [2.75, 3.05) is 18.0 Å². The molecule has 4 N–H and O–H groups in total. The van der Waals surface area contributed by atoms with Crippen LogP contribution in [0.1, 0.15) is 31.9 Å². The maximum atomic E-state index is 10.1. The summed E-state index contributed by atoms with van der Waals surface area (Å²) in [4.78, 5) is 6.30. The lowest BCUT2D eigenvalue weighted by molar-refractivity contribution is 0.0481. The molecule has 104 valence electrons. The maximum Gasteiger partial charge on any atom is 0.190 e. The van der Waals surface area contributed by atoms with Crippen molar-refractivity contribution < 1.29 is 10.3 Å². The molecule has 0 saturated carbocycles. The second kappa shape index (κ2) is 5.44. The van der Waals surface area contributed by atoms with E-state index in [1.165, 1.54) is 0 Å². The van der Waals surface area contributed by atoms with Gasteiger partial charge in [-0.3, -0.25) is 4.98 Å². The third kappa shape index (κ3) is 3.14. The summed E-state index contributed by atoms with van der Waals surface area (Å²) in [5, 5.41) is 21.9. The van der Waals surface area contributed by atoms with Gasteiger partial charge in [0, 0.05) is 19.3 Å². The number of nitrogens with zero attached hydrogens (tertiary/aromatic N) is 3. The van der Waals surface area contributed by atoms with Gasteiger partial charge in [-0.1, -0.05) is 5.16 Å². The Morgan fingerprint density at radius 3 is 3.00 bits per heavy atom. The van der Waals surface area contributed by atoms with Crippen molar-refractivity contribution in [1.82, 2.24) is 4.98 Å². The van der Waals surface area contributed by atoms with E-state index in [0.717, 1.165) is 31.6 Å². The average molecular weight is 264 g/mol. The van der Waals surface area contributed by atoms with E-state index in [1.54, 1.807) is 6.20 Å². The second-order valence-corrected chi connectivity index (χ2v) is 5.19. The first-order valence-corrected chi connectivity index (χ1v) is 6.44. The van der Waals surface area contributed by atoms with Crippen molar-refractivity contribution in [3.8, 4) is 0 Å². The van der Waals surface area contributed by atoms with Crippen LogP contribution >= 0.6 is 0 Å². The molecule has 0 spiro atoms. The summed E-state index contributed by atoms with van der Waals surface area (Å²) >= 11 is 0. The minimum Gasteiger partial charge on any atom is -0.409 e. The molecule has 1 aromatic rings. The number of amidine groups is 1. The molecule has 1 unspecified atom stereocenters. The number of hydrogen-bond acceptors (Lipinski definition) is 5. The van der Waals surface area contributed by atoms with Gasteiger partial charge in [-0.25, -0.2) is 0 Å². The number of anilines is 1. The third-order valence-electron chi connectivity index (χ3n) is 3.54. The Bertz CT molecular complexity index is 473. The highest BCUT2D eigenvalue weighted by molar-refractivity contribution is 6.00. The molecule has 1 fully saturated rings. The van der Waals surface area contributed by atoms with E-state index in [1.807, 2.05) is 19.1 Å². The molecule has 1 atom stereocenters. The van der Waals surface area contributed by atoms with E-state index in [9.17, 15) is 5.11 Å². The highest BCUT2D eigenvalue weighted by atomic mass is 16.4. The number of aliphatic hydroxyl groups is 1. The van der Waals surface area contributed by atoms with Crippen LogP contribution in [-0.4, -0.2) is 39.8 Å². The number of nitrogens with two attached hydrogens (primary N) is 1. The van der Waals surface area contributed by atoms with E-state index in [0.29, 0.717) is 12.1 Å². The van der Waals surface area contributed by atoms with E-state index in [2.05, 4.69) is 15.0 Å². The number of hydrogen-bond donors (Lipinski definition) is 3. The number of pyridine rings is 1. The summed E-state index contributed by atoms with van der Waals surface area (Å²) in [6.45, 7) is 3.42. The van der Waals surface area contributed by atoms with E-state index in [4.69, 9.17) is 10.9 Å². The maximum absolute atomic E-state index is 10.1. The fourth-order valence-corrected chi connectivity index (χ4v) is 2.40. The first-order chi connectivity index (χ1) is 9.03. The molecular formula is C13H20N4O2. The lowest BCUT2D eigenvalue weighted by Crippen LogP contribution is -2.30. The molecule has 1 aliphatic rings. The zero-order valence-corrected chi connectivity index (χ0v) is 11.1. The molecular weight excluding hydrogens is 244 g/mol. The van der Waals surface area contributed by atoms with Crippen LogP contribution in [0.3, 0.4) is 0 Å². The van der Waals surface area contributed by atoms with Gasteiger partial charge < -0.3 is 20.9 Å². The normalized spacial score (nSPS) is 25.2. The molecule has 0 bridgehead atoms. The molecule has 1 aromatic heterocycles. The first kappa shape index (κ1) is 13.6. The van der Waals surface area contributed by atoms with Gasteiger partial charge in [0.1, 0.15) is 5.69 Å². The predicted molar refractivity (Wildman–Crippen MR) is 73.4 cm³/mol. The lowest BCUT2D eigenvalue weighted by atomic mass is 9.98. The van der Waals surface area contributed by atoms with Crippen LogP contribution in [0.4, 0.5) is 5.69 Å². The minimum absolute atomic E-state index is 0.00612. The molecule has 0 aliphatic carbocycles. The van der Waals surface area contributed by atoms with Crippen molar-refractivity contribution in [3.05, 3.63) is 24.0 Å². The average Bonchev–Trinajstić information content (AvgIpc) is 2.59. The van der Waals surface area contributed by atoms with E-state index < -0.39 is 5.60 Å². The lowest BCUT2D eigenvalue weighted by Gasteiger charge is -2.25. The van der Waals surface area contributed by atoms with Crippen LogP contribution in [0, 0.1) is 0 Å². The zero-order valence-electron chi connectivity index (χ0n) is 11.1. The molecule has 1 aliphatic heterocycles. The molecule has 6 heteroatoms. The fourth-order valence-electron chi connectivity index (χ4n) is 2.40. The van der Waals surface area contributed by atoms with Crippen LogP contribution in [0.15, 0.2) is 23.5 Å². The smallest absolute Gasteiger partial charge is 0.190 e. The van der Waals surface area contributed by atoms with Gasteiger partial charge in [-0.15, -0.1) is 0 Å². The van der Waals surface area contributed by atoms with Crippen LogP contribution in [0.5, 0.6) is 0 Å². The van der Waals surface area contributed by atoms with Crippen molar-refractivity contribution in [2.24, 2.45) is 10.9 Å². The summed E-state index contributed by atoms with van der Waals surface area (Å²) in [6.07, 6.45) is 3.99. The highest BCUT2D eigenvalue weighted by Crippen LogP contribution is 2.26. The van der Waals surface area contributed by atoms with E-state index >= 15 is 0 Å². The van der Waals surface area contributed by atoms with Crippen LogP contribution in [0.25, 0.3) is 0 Å². The molecule has 2 rings (SSSR count). The Morgan fingerprint density at radius 1 is 1.47 bits per heavy atom. The third-order valence-corrected chi connectivity index (χ3v) is 3.54. The molecule has 2 heterocycles. The fraction of sp³-hybridized carbons (Fsp3) is 0.538. The van der Waals surface area contributed by atoms with Crippen LogP contribution < -0.4 is 10.6 Å². The molecule has 0 aromatic carbocycles. The van der Waals surface area contributed by atoms with Crippen molar-refractivity contribution >= 4 is 11.5 Å². The van der Waals surface area contributed by atoms with Crippen molar-refractivity contribution in [2.45, 2.75) is 31.8 Å². The standard InChI is InChI=1S/C13H20N4O2/c1-13(18)5-3-8-17(9-6-13)10-4-2-7-15-11(10)12(14)16-19/h2,4,7,18-19H,3,5-6,8-9H2,1H3,(H2,14,16). The van der Waals surface area contributed by atoms with Gasteiger partial charge in [0.25, 0.3) is 0 Å². The highest BCUT2D eigenvalue weighted by Gasteiger charge is 2.26. The van der Waals surface area contributed by atoms with Gasteiger partial charge in [-0.2, -0.15) is 0 Å². The van der Waals surface area contributed by atoms with Gasteiger partial charge in [0.2, 0.25) is 0 Å². The molecule has 0 radical (unpaired) electrons. The Hall–Kier alpha value is -1.82. The van der Waals surface area contributed by atoms with Gasteiger partial charge in [0.15, 0.2) is 5.84 Å². The molecule has 19 heavy (non-hydrogen) atoms.